The first kappa shape index (κ1) is 14.6. The zero-order valence-corrected chi connectivity index (χ0v) is 13.1. The Morgan fingerprint density at radius 3 is 2.60 bits per heavy atom. The van der Waals surface area contributed by atoms with Crippen molar-refractivity contribution in [2.75, 3.05) is 17.2 Å². The zero-order valence-electron chi connectivity index (χ0n) is 11.6. The molecule has 0 bridgehead atoms. The van der Waals surface area contributed by atoms with Gasteiger partial charge < -0.3 is 10.6 Å². The van der Waals surface area contributed by atoms with Crippen LogP contribution >= 0.6 is 15.9 Å². The molecule has 104 valence electrons. The summed E-state index contributed by atoms with van der Waals surface area (Å²) >= 11 is 3.44. The lowest BCUT2D eigenvalue weighted by atomic mass is 10.1. The molecule has 0 unspecified atom stereocenters. The highest BCUT2D eigenvalue weighted by Gasteiger charge is 2.20. The fourth-order valence-corrected chi connectivity index (χ4v) is 2.52. The molecule has 0 atom stereocenters. The predicted molar refractivity (Wildman–Crippen MR) is 87.1 cm³/mol. The van der Waals surface area contributed by atoms with Crippen molar-refractivity contribution in [3.05, 3.63) is 58.1 Å². The molecular formula is C16H17BrN2O. The van der Waals surface area contributed by atoms with Crippen LogP contribution in [0.25, 0.3) is 0 Å². The van der Waals surface area contributed by atoms with E-state index in [0.29, 0.717) is 17.8 Å². The number of nitrogen functional groups attached to an aromatic ring is 1. The van der Waals surface area contributed by atoms with Crippen LogP contribution in [0.3, 0.4) is 0 Å². The quantitative estimate of drug-likeness (QED) is 0.863. The van der Waals surface area contributed by atoms with Gasteiger partial charge in [-0.15, -0.1) is 0 Å². The predicted octanol–water partition coefficient (Wildman–Crippen LogP) is 4.01. The number of para-hydroxylation sites is 2. The van der Waals surface area contributed by atoms with Gasteiger partial charge in [0.25, 0.3) is 5.91 Å². The minimum absolute atomic E-state index is 0.0547. The van der Waals surface area contributed by atoms with Gasteiger partial charge in [-0.3, -0.25) is 4.79 Å². The van der Waals surface area contributed by atoms with Crippen LogP contribution in [0.4, 0.5) is 11.4 Å². The van der Waals surface area contributed by atoms with Crippen LogP contribution in [0, 0.1) is 6.92 Å². The Kier molecular flexibility index (Phi) is 4.45. The Bertz CT molecular complexity index is 640. The van der Waals surface area contributed by atoms with E-state index in [4.69, 9.17) is 5.73 Å². The Morgan fingerprint density at radius 1 is 1.25 bits per heavy atom. The minimum atomic E-state index is -0.0547. The summed E-state index contributed by atoms with van der Waals surface area (Å²) in [6, 6.07) is 13.1. The van der Waals surface area contributed by atoms with Crippen molar-refractivity contribution < 1.29 is 4.79 Å². The monoisotopic (exact) mass is 332 g/mol. The SMILES string of the molecule is CCN(C(=O)c1cc(C)ccc1Br)c1ccccc1N. The van der Waals surface area contributed by atoms with Crippen molar-refractivity contribution in [2.24, 2.45) is 0 Å². The molecule has 2 aromatic carbocycles. The molecule has 2 rings (SSSR count). The molecule has 0 saturated carbocycles. The summed E-state index contributed by atoms with van der Waals surface area (Å²) in [5.74, 6) is -0.0547. The molecule has 0 radical (unpaired) electrons. The molecule has 0 heterocycles. The summed E-state index contributed by atoms with van der Waals surface area (Å²) in [5, 5.41) is 0. The average Bonchev–Trinajstić information content (AvgIpc) is 2.44. The van der Waals surface area contributed by atoms with Crippen LogP contribution in [0.5, 0.6) is 0 Å². The third kappa shape index (κ3) is 2.85. The molecule has 0 saturated heterocycles. The average molecular weight is 333 g/mol. The summed E-state index contributed by atoms with van der Waals surface area (Å²) in [6.07, 6.45) is 0. The number of benzene rings is 2. The van der Waals surface area contributed by atoms with E-state index < -0.39 is 0 Å². The molecule has 2 N–H and O–H groups in total. The third-order valence-corrected chi connectivity index (χ3v) is 3.83. The molecule has 0 fully saturated rings. The van der Waals surface area contributed by atoms with Crippen molar-refractivity contribution in [3.8, 4) is 0 Å². The topological polar surface area (TPSA) is 46.3 Å². The second-order valence-electron chi connectivity index (χ2n) is 4.59. The lowest BCUT2D eigenvalue weighted by Crippen LogP contribution is -2.31. The molecule has 20 heavy (non-hydrogen) atoms. The van der Waals surface area contributed by atoms with Gasteiger partial charge in [0.05, 0.1) is 16.9 Å². The smallest absolute Gasteiger partial charge is 0.259 e. The maximum absolute atomic E-state index is 12.7. The molecule has 0 aromatic heterocycles. The van der Waals surface area contributed by atoms with Crippen LogP contribution in [0.1, 0.15) is 22.8 Å². The van der Waals surface area contributed by atoms with Gasteiger partial charge in [-0.2, -0.15) is 0 Å². The Hall–Kier alpha value is -1.81. The lowest BCUT2D eigenvalue weighted by molar-refractivity contribution is 0.0987. The highest BCUT2D eigenvalue weighted by atomic mass is 79.9. The van der Waals surface area contributed by atoms with Gasteiger partial charge in [0.15, 0.2) is 0 Å². The van der Waals surface area contributed by atoms with E-state index in [9.17, 15) is 4.79 Å². The Labute approximate surface area is 127 Å². The van der Waals surface area contributed by atoms with Gasteiger partial charge >= 0.3 is 0 Å². The zero-order chi connectivity index (χ0) is 14.7. The van der Waals surface area contributed by atoms with E-state index in [1.165, 1.54) is 0 Å². The molecule has 4 heteroatoms. The number of nitrogens with zero attached hydrogens (tertiary/aromatic N) is 1. The molecule has 0 aliphatic carbocycles. The summed E-state index contributed by atoms with van der Waals surface area (Å²) in [5.41, 5.74) is 9.02. The van der Waals surface area contributed by atoms with Crippen molar-refractivity contribution in [2.45, 2.75) is 13.8 Å². The first-order chi connectivity index (χ1) is 9.54. The van der Waals surface area contributed by atoms with Gasteiger partial charge in [-0.25, -0.2) is 0 Å². The number of carbonyl (C=O) groups is 1. The van der Waals surface area contributed by atoms with E-state index in [-0.39, 0.29) is 5.91 Å². The Balaban J connectivity index is 2.45. The van der Waals surface area contributed by atoms with Crippen molar-refractivity contribution in [3.63, 3.8) is 0 Å². The number of amides is 1. The molecule has 2 aromatic rings. The minimum Gasteiger partial charge on any atom is -0.397 e. The summed E-state index contributed by atoms with van der Waals surface area (Å²) in [7, 11) is 0. The molecule has 0 aliphatic heterocycles. The summed E-state index contributed by atoms with van der Waals surface area (Å²) in [6.45, 7) is 4.47. The van der Waals surface area contributed by atoms with E-state index >= 15 is 0 Å². The third-order valence-electron chi connectivity index (χ3n) is 3.14. The molecule has 3 nitrogen and oxygen atoms in total. The van der Waals surface area contributed by atoms with Crippen LogP contribution in [-0.4, -0.2) is 12.5 Å². The number of carbonyl (C=O) groups excluding carboxylic acids is 1. The van der Waals surface area contributed by atoms with E-state index in [1.807, 2.05) is 50.2 Å². The van der Waals surface area contributed by atoms with Gasteiger partial charge in [0.2, 0.25) is 0 Å². The maximum Gasteiger partial charge on any atom is 0.259 e. The van der Waals surface area contributed by atoms with Crippen LogP contribution in [-0.2, 0) is 0 Å². The first-order valence-electron chi connectivity index (χ1n) is 6.47. The van der Waals surface area contributed by atoms with Crippen molar-refractivity contribution >= 4 is 33.2 Å². The second kappa shape index (κ2) is 6.09. The van der Waals surface area contributed by atoms with E-state index in [2.05, 4.69) is 15.9 Å². The standard InChI is InChI=1S/C16H17BrN2O/c1-3-19(15-7-5-4-6-14(15)18)16(20)12-10-11(2)8-9-13(12)17/h4-10H,3,18H2,1-2H3. The fourth-order valence-electron chi connectivity index (χ4n) is 2.11. The summed E-state index contributed by atoms with van der Waals surface area (Å²) < 4.78 is 0.793. The second-order valence-corrected chi connectivity index (χ2v) is 5.45. The number of hydrogen-bond donors (Lipinski definition) is 1. The number of rotatable bonds is 3. The van der Waals surface area contributed by atoms with E-state index in [1.54, 1.807) is 11.0 Å². The lowest BCUT2D eigenvalue weighted by Gasteiger charge is -2.23. The largest absolute Gasteiger partial charge is 0.397 e. The number of nitrogens with two attached hydrogens (primary N) is 1. The molecule has 1 amide bonds. The van der Waals surface area contributed by atoms with Gasteiger partial charge in [0.1, 0.15) is 0 Å². The van der Waals surface area contributed by atoms with Crippen molar-refractivity contribution in [1.82, 2.24) is 0 Å². The molecule has 0 spiro atoms. The van der Waals surface area contributed by atoms with Gasteiger partial charge in [0, 0.05) is 11.0 Å². The van der Waals surface area contributed by atoms with Crippen LogP contribution in [0.2, 0.25) is 0 Å². The first-order valence-corrected chi connectivity index (χ1v) is 7.26. The number of aryl methyl sites for hydroxylation is 1. The van der Waals surface area contributed by atoms with E-state index in [0.717, 1.165) is 15.7 Å². The maximum atomic E-state index is 12.7. The number of anilines is 2. The van der Waals surface area contributed by atoms with Crippen molar-refractivity contribution in [1.29, 1.82) is 0 Å². The summed E-state index contributed by atoms with van der Waals surface area (Å²) in [4.78, 5) is 14.4. The molecule has 0 aliphatic rings. The normalized spacial score (nSPS) is 10.3. The highest BCUT2D eigenvalue weighted by Crippen LogP contribution is 2.26. The van der Waals surface area contributed by atoms with Crippen LogP contribution in [0.15, 0.2) is 46.9 Å². The van der Waals surface area contributed by atoms with Gasteiger partial charge in [-0.05, 0) is 54.0 Å². The number of halogens is 1. The fraction of sp³-hybridized carbons (Fsp3) is 0.188. The number of hydrogen-bond acceptors (Lipinski definition) is 2. The molecular weight excluding hydrogens is 316 g/mol. The highest BCUT2D eigenvalue weighted by molar-refractivity contribution is 9.10. The Morgan fingerprint density at radius 2 is 1.95 bits per heavy atom. The van der Waals surface area contributed by atoms with Crippen LogP contribution < -0.4 is 10.6 Å². The van der Waals surface area contributed by atoms with Gasteiger partial charge in [-0.1, -0.05) is 23.8 Å².